The van der Waals surface area contributed by atoms with Crippen LogP contribution in [0.15, 0.2) is 29.1 Å². The average Bonchev–Trinajstić information content (AvgIpc) is 2.91. The predicted molar refractivity (Wildman–Crippen MR) is 95.2 cm³/mol. The standard InChI is InChI=1S/C16H19BrN4O3/c1-21(2)6-4-12(22)14-10-8-13(17)19-9-11(10)20-15(14)16(23)18-5-7-24-3/h4,6,8-9,20H,5,7H2,1-3H3,(H,18,23). The van der Waals surface area contributed by atoms with Crippen molar-refractivity contribution in [3.63, 3.8) is 0 Å². The van der Waals surface area contributed by atoms with Gasteiger partial charge in [0.15, 0.2) is 5.78 Å². The van der Waals surface area contributed by atoms with Gasteiger partial charge in [0.1, 0.15) is 10.3 Å². The summed E-state index contributed by atoms with van der Waals surface area (Å²) in [6.45, 7) is 0.747. The molecule has 0 aliphatic heterocycles. The molecule has 24 heavy (non-hydrogen) atoms. The van der Waals surface area contributed by atoms with Crippen LogP contribution in [0.1, 0.15) is 20.8 Å². The lowest BCUT2D eigenvalue weighted by molar-refractivity contribution is 0.0924. The maximum absolute atomic E-state index is 12.6. The summed E-state index contributed by atoms with van der Waals surface area (Å²) in [7, 11) is 5.19. The lowest BCUT2D eigenvalue weighted by Gasteiger charge is -2.06. The summed E-state index contributed by atoms with van der Waals surface area (Å²) in [5.74, 6) is -0.620. The van der Waals surface area contributed by atoms with Crippen molar-refractivity contribution in [2.45, 2.75) is 0 Å². The number of amides is 1. The summed E-state index contributed by atoms with van der Waals surface area (Å²) >= 11 is 3.30. The van der Waals surface area contributed by atoms with Crippen molar-refractivity contribution in [1.82, 2.24) is 20.2 Å². The monoisotopic (exact) mass is 394 g/mol. The van der Waals surface area contributed by atoms with Crippen molar-refractivity contribution in [3.8, 4) is 0 Å². The van der Waals surface area contributed by atoms with Crippen molar-refractivity contribution in [3.05, 3.63) is 40.4 Å². The number of ether oxygens (including phenoxy) is 1. The summed E-state index contributed by atoms with van der Waals surface area (Å²) in [6, 6.07) is 1.72. The van der Waals surface area contributed by atoms with Crippen LogP contribution in [0.4, 0.5) is 0 Å². The summed E-state index contributed by atoms with van der Waals surface area (Å²) < 4.78 is 5.51. The molecular weight excluding hydrogens is 376 g/mol. The number of aromatic nitrogens is 2. The van der Waals surface area contributed by atoms with E-state index in [0.717, 1.165) is 0 Å². The molecule has 0 fully saturated rings. The lowest BCUT2D eigenvalue weighted by atomic mass is 10.1. The fourth-order valence-electron chi connectivity index (χ4n) is 2.15. The topological polar surface area (TPSA) is 87.3 Å². The molecule has 0 unspecified atom stereocenters. The SMILES string of the molecule is COCCNC(=O)c1[nH]c2cnc(Br)cc2c1C(=O)C=CN(C)C. The Bertz CT molecular complexity index is 783. The predicted octanol–water partition coefficient (Wildman–Crippen LogP) is 1.96. The number of fused-ring (bicyclic) bond motifs is 1. The molecule has 1 amide bonds. The van der Waals surface area contributed by atoms with Gasteiger partial charge in [-0.05, 0) is 22.0 Å². The molecule has 0 bridgehead atoms. The first kappa shape index (κ1) is 18.2. The quantitative estimate of drug-likeness (QED) is 0.324. The normalized spacial score (nSPS) is 11.2. The van der Waals surface area contributed by atoms with Gasteiger partial charge in [0.05, 0.1) is 23.9 Å². The zero-order valence-corrected chi connectivity index (χ0v) is 15.3. The van der Waals surface area contributed by atoms with Crippen LogP contribution in [-0.2, 0) is 4.74 Å². The number of rotatable bonds is 7. The second-order valence-corrected chi connectivity index (χ2v) is 6.13. The zero-order valence-electron chi connectivity index (χ0n) is 13.7. The van der Waals surface area contributed by atoms with Crippen LogP contribution in [-0.4, -0.2) is 60.9 Å². The number of hydrogen-bond donors (Lipinski definition) is 2. The zero-order chi connectivity index (χ0) is 17.7. The van der Waals surface area contributed by atoms with E-state index in [9.17, 15) is 9.59 Å². The van der Waals surface area contributed by atoms with Crippen molar-refractivity contribution in [2.75, 3.05) is 34.4 Å². The molecule has 0 aromatic carbocycles. The van der Waals surface area contributed by atoms with Crippen LogP contribution >= 0.6 is 15.9 Å². The second kappa shape index (κ2) is 8.07. The molecule has 0 saturated heterocycles. The molecule has 2 aromatic rings. The minimum atomic E-state index is -0.360. The van der Waals surface area contributed by atoms with Crippen LogP contribution in [0.25, 0.3) is 10.9 Å². The highest BCUT2D eigenvalue weighted by Crippen LogP contribution is 2.25. The first-order valence-corrected chi connectivity index (χ1v) is 8.06. The molecule has 0 spiro atoms. The van der Waals surface area contributed by atoms with Gasteiger partial charge < -0.3 is 19.9 Å². The Hall–Kier alpha value is -2.19. The number of ketones is 1. The van der Waals surface area contributed by atoms with E-state index in [1.165, 1.54) is 6.08 Å². The number of carbonyl (C=O) groups excluding carboxylic acids is 2. The van der Waals surface area contributed by atoms with Crippen LogP contribution in [0, 0.1) is 0 Å². The van der Waals surface area contributed by atoms with Gasteiger partial charge in [0, 0.05) is 45.4 Å². The fourth-order valence-corrected chi connectivity index (χ4v) is 2.48. The van der Waals surface area contributed by atoms with E-state index in [0.29, 0.717) is 34.2 Å². The Morgan fingerprint density at radius 2 is 2.21 bits per heavy atom. The largest absolute Gasteiger partial charge is 0.383 e. The van der Waals surface area contributed by atoms with Gasteiger partial charge in [0.2, 0.25) is 0 Å². The van der Waals surface area contributed by atoms with Gasteiger partial charge in [-0.1, -0.05) is 0 Å². The minimum absolute atomic E-state index is 0.217. The van der Waals surface area contributed by atoms with E-state index < -0.39 is 0 Å². The van der Waals surface area contributed by atoms with Crippen molar-refractivity contribution >= 4 is 38.5 Å². The number of hydrogen-bond acceptors (Lipinski definition) is 5. The van der Waals surface area contributed by atoms with E-state index in [-0.39, 0.29) is 17.4 Å². The smallest absolute Gasteiger partial charge is 0.268 e. The molecular formula is C16H19BrN4O3. The highest BCUT2D eigenvalue weighted by Gasteiger charge is 2.22. The summed E-state index contributed by atoms with van der Waals surface area (Å²) in [5.41, 5.74) is 1.16. The fraction of sp³-hybridized carbons (Fsp3) is 0.312. The van der Waals surface area contributed by atoms with Gasteiger partial charge >= 0.3 is 0 Å². The number of aromatic amines is 1. The molecule has 0 saturated carbocycles. The highest BCUT2D eigenvalue weighted by molar-refractivity contribution is 9.10. The van der Waals surface area contributed by atoms with E-state index >= 15 is 0 Å². The number of methoxy groups -OCH3 is 1. The van der Waals surface area contributed by atoms with Gasteiger partial charge in [-0.25, -0.2) is 4.98 Å². The Morgan fingerprint density at radius 1 is 1.46 bits per heavy atom. The summed E-state index contributed by atoms with van der Waals surface area (Å²) in [6.07, 6.45) is 4.66. The number of halogens is 1. The number of pyridine rings is 1. The third-order valence-corrected chi connectivity index (χ3v) is 3.67. The Labute approximate surface area is 148 Å². The first-order valence-electron chi connectivity index (χ1n) is 7.27. The maximum Gasteiger partial charge on any atom is 0.268 e. The third kappa shape index (κ3) is 4.21. The second-order valence-electron chi connectivity index (χ2n) is 5.32. The molecule has 0 atom stereocenters. The number of nitrogens with one attached hydrogen (secondary N) is 2. The number of H-pyrrole nitrogens is 1. The Morgan fingerprint density at radius 3 is 2.88 bits per heavy atom. The van der Waals surface area contributed by atoms with Gasteiger partial charge in [-0.3, -0.25) is 9.59 Å². The summed E-state index contributed by atoms with van der Waals surface area (Å²) in [4.78, 5) is 33.9. The number of nitrogens with zero attached hydrogens (tertiary/aromatic N) is 2. The first-order chi connectivity index (χ1) is 11.4. The van der Waals surface area contributed by atoms with Crippen LogP contribution in [0.3, 0.4) is 0 Å². The number of allylic oxidation sites excluding steroid dienone is 1. The third-order valence-electron chi connectivity index (χ3n) is 3.24. The van der Waals surface area contributed by atoms with Crippen LogP contribution in [0.2, 0.25) is 0 Å². The Kier molecular flexibility index (Phi) is 6.10. The number of carbonyl (C=O) groups is 2. The lowest BCUT2D eigenvalue weighted by Crippen LogP contribution is -2.28. The molecule has 128 valence electrons. The van der Waals surface area contributed by atoms with Crippen molar-refractivity contribution in [1.29, 1.82) is 0 Å². The molecule has 0 radical (unpaired) electrons. The molecule has 2 aromatic heterocycles. The van der Waals surface area contributed by atoms with E-state index in [1.807, 2.05) is 14.1 Å². The van der Waals surface area contributed by atoms with Crippen molar-refractivity contribution < 1.29 is 14.3 Å². The molecule has 2 rings (SSSR count). The van der Waals surface area contributed by atoms with Crippen molar-refractivity contribution in [2.24, 2.45) is 0 Å². The maximum atomic E-state index is 12.6. The molecule has 8 heteroatoms. The minimum Gasteiger partial charge on any atom is -0.383 e. The highest BCUT2D eigenvalue weighted by atomic mass is 79.9. The van der Waals surface area contributed by atoms with Crippen LogP contribution < -0.4 is 5.32 Å². The van der Waals surface area contributed by atoms with E-state index in [2.05, 4.69) is 31.2 Å². The van der Waals surface area contributed by atoms with Gasteiger partial charge in [-0.2, -0.15) is 0 Å². The van der Waals surface area contributed by atoms with Gasteiger partial charge in [0.25, 0.3) is 5.91 Å². The Balaban J connectivity index is 2.47. The van der Waals surface area contributed by atoms with E-state index in [1.54, 1.807) is 30.5 Å². The van der Waals surface area contributed by atoms with Crippen LogP contribution in [0.5, 0.6) is 0 Å². The average molecular weight is 395 g/mol. The molecule has 7 nitrogen and oxygen atoms in total. The molecule has 2 N–H and O–H groups in total. The summed E-state index contributed by atoms with van der Waals surface area (Å²) in [5, 5.41) is 3.36. The van der Waals surface area contributed by atoms with E-state index in [4.69, 9.17) is 4.74 Å². The van der Waals surface area contributed by atoms with Gasteiger partial charge in [-0.15, -0.1) is 0 Å². The molecule has 2 heterocycles. The molecule has 0 aliphatic rings. The molecule has 0 aliphatic carbocycles.